The van der Waals surface area contributed by atoms with Gasteiger partial charge in [0.05, 0.1) is 22.6 Å². The first-order valence-electron chi connectivity index (χ1n) is 13.9. The van der Waals surface area contributed by atoms with Crippen LogP contribution in [0.3, 0.4) is 0 Å². The summed E-state index contributed by atoms with van der Waals surface area (Å²) >= 11 is 6.13. The molecule has 0 bridgehead atoms. The van der Waals surface area contributed by atoms with Crippen LogP contribution in [-0.2, 0) is 6.42 Å². The molecule has 4 aromatic rings. The number of nitrogens with zero attached hydrogens (tertiary/aromatic N) is 4. The molecule has 6 nitrogen and oxygen atoms in total. The van der Waals surface area contributed by atoms with E-state index in [0.29, 0.717) is 47.9 Å². The number of carbonyl (C=O) groups is 1. The number of unbranched alkanes of at least 4 members (excludes halogenated alkanes) is 2. The molecule has 39 heavy (non-hydrogen) atoms. The summed E-state index contributed by atoms with van der Waals surface area (Å²) in [5, 5.41) is 1.19. The van der Waals surface area contributed by atoms with Crippen molar-refractivity contribution in [3.63, 3.8) is 0 Å². The van der Waals surface area contributed by atoms with Crippen molar-refractivity contribution < 1.29 is 4.79 Å². The molecule has 1 aromatic heterocycles. The quantitative estimate of drug-likeness (QED) is 0.245. The van der Waals surface area contributed by atoms with Crippen LogP contribution in [0, 0.1) is 0 Å². The van der Waals surface area contributed by atoms with E-state index in [2.05, 4.69) is 30.9 Å². The van der Waals surface area contributed by atoms with Crippen LogP contribution < -0.4 is 5.56 Å². The van der Waals surface area contributed by atoms with Crippen molar-refractivity contribution in [2.75, 3.05) is 26.2 Å². The molecular weight excluding hydrogens is 508 g/mol. The van der Waals surface area contributed by atoms with Gasteiger partial charge in [-0.2, -0.15) is 0 Å². The average Bonchev–Trinajstić information content (AvgIpc) is 2.97. The van der Waals surface area contributed by atoms with E-state index in [4.69, 9.17) is 16.6 Å². The van der Waals surface area contributed by atoms with Crippen LogP contribution in [0.15, 0.2) is 77.6 Å². The molecule has 1 fully saturated rings. The smallest absolute Gasteiger partial charge is 0.266 e. The maximum Gasteiger partial charge on any atom is 0.266 e. The lowest BCUT2D eigenvalue weighted by Crippen LogP contribution is -2.50. The van der Waals surface area contributed by atoms with Gasteiger partial charge in [-0.25, -0.2) is 4.98 Å². The summed E-state index contributed by atoms with van der Waals surface area (Å²) in [6, 6.07) is 22.7. The minimum absolute atomic E-state index is 0.0734. The second-order valence-electron chi connectivity index (χ2n) is 10.3. The van der Waals surface area contributed by atoms with Gasteiger partial charge < -0.3 is 4.90 Å². The fourth-order valence-corrected chi connectivity index (χ4v) is 5.45. The van der Waals surface area contributed by atoms with Gasteiger partial charge in [0.15, 0.2) is 0 Å². The summed E-state index contributed by atoms with van der Waals surface area (Å²) in [5.41, 5.74) is 3.34. The van der Waals surface area contributed by atoms with Gasteiger partial charge in [-0.3, -0.25) is 19.1 Å². The summed E-state index contributed by atoms with van der Waals surface area (Å²) in [6.45, 7) is 6.94. The molecule has 1 aliphatic heterocycles. The van der Waals surface area contributed by atoms with Crippen LogP contribution in [0.25, 0.3) is 16.6 Å². The predicted molar refractivity (Wildman–Crippen MR) is 158 cm³/mol. The Bertz CT molecular complexity index is 1490. The number of hydrogen-bond acceptors (Lipinski definition) is 4. The number of carbonyl (C=O) groups excluding carboxylic acids is 1. The molecule has 5 rings (SSSR count). The first-order chi connectivity index (χ1) is 19.0. The number of amides is 1. The number of piperazine rings is 1. The minimum Gasteiger partial charge on any atom is -0.336 e. The number of fused-ring (bicyclic) bond motifs is 1. The largest absolute Gasteiger partial charge is 0.336 e. The molecule has 0 saturated carbocycles. The molecule has 7 heteroatoms. The first kappa shape index (κ1) is 27.1. The van der Waals surface area contributed by atoms with Gasteiger partial charge in [-0.1, -0.05) is 55.6 Å². The third kappa shape index (κ3) is 5.92. The number of para-hydroxylation sites is 1. The Hall–Kier alpha value is -3.48. The van der Waals surface area contributed by atoms with E-state index in [1.165, 1.54) is 24.8 Å². The Morgan fingerprint density at radius 1 is 0.923 bits per heavy atom. The maximum atomic E-state index is 13.6. The summed E-state index contributed by atoms with van der Waals surface area (Å²) in [5.74, 6) is 0.753. The Labute approximate surface area is 234 Å². The molecule has 1 saturated heterocycles. The maximum absolute atomic E-state index is 13.6. The van der Waals surface area contributed by atoms with Gasteiger partial charge >= 0.3 is 0 Å². The number of halogens is 1. The van der Waals surface area contributed by atoms with Gasteiger partial charge in [-0.15, -0.1) is 0 Å². The van der Waals surface area contributed by atoms with Gasteiger partial charge in [-0.05, 0) is 73.9 Å². The van der Waals surface area contributed by atoms with E-state index in [-0.39, 0.29) is 17.5 Å². The van der Waals surface area contributed by atoms with Crippen LogP contribution in [-0.4, -0.2) is 51.4 Å². The van der Waals surface area contributed by atoms with Crippen LogP contribution in [0.1, 0.15) is 60.9 Å². The molecule has 0 aliphatic carbocycles. The second-order valence-corrected chi connectivity index (χ2v) is 10.7. The van der Waals surface area contributed by atoms with Crippen molar-refractivity contribution in [1.82, 2.24) is 19.4 Å². The first-order valence-corrected chi connectivity index (χ1v) is 14.2. The van der Waals surface area contributed by atoms with E-state index < -0.39 is 0 Å². The van der Waals surface area contributed by atoms with Crippen molar-refractivity contribution in [2.45, 2.75) is 45.6 Å². The SMILES string of the molecule is CCCCCc1ccc(C(=O)N2CCN(C(C)c3nc4ccccc4c(=O)n3-c3ccc(Cl)cc3)CC2)cc1. The summed E-state index contributed by atoms with van der Waals surface area (Å²) in [6.07, 6.45) is 4.68. The third-order valence-corrected chi connectivity index (χ3v) is 7.93. The zero-order valence-corrected chi connectivity index (χ0v) is 23.4. The molecule has 0 spiro atoms. The predicted octanol–water partition coefficient (Wildman–Crippen LogP) is 6.29. The zero-order chi connectivity index (χ0) is 27.4. The molecular formula is C32H35ClN4O2. The van der Waals surface area contributed by atoms with Gasteiger partial charge in [0.2, 0.25) is 0 Å². The van der Waals surface area contributed by atoms with E-state index in [0.717, 1.165) is 17.7 Å². The fourth-order valence-electron chi connectivity index (χ4n) is 5.32. The molecule has 1 atom stereocenters. The fraction of sp³-hybridized carbons (Fsp3) is 0.344. The topological polar surface area (TPSA) is 58.4 Å². The molecule has 1 amide bonds. The van der Waals surface area contributed by atoms with Gasteiger partial charge in [0.1, 0.15) is 5.82 Å². The average molecular weight is 543 g/mol. The lowest BCUT2D eigenvalue weighted by molar-refractivity contribution is 0.0573. The lowest BCUT2D eigenvalue weighted by Gasteiger charge is -2.38. The zero-order valence-electron chi connectivity index (χ0n) is 22.6. The van der Waals surface area contributed by atoms with Crippen LogP contribution in [0.2, 0.25) is 5.02 Å². The molecule has 0 N–H and O–H groups in total. The summed E-state index contributed by atoms with van der Waals surface area (Å²) in [4.78, 5) is 36.0. The Morgan fingerprint density at radius 3 is 2.31 bits per heavy atom. The number of aromatic nitrogens is 2. The van der Waals surface area contributed by atoms with Crippen molar-refractivity contribution in [3.8, 4) is 5.69 Å². The molecule has 3 aromatic carbocycles. The highest BCUT2D eigenvalue weighted by atomic mass is 35.5. The standard InChI is InChI=1S/C32H35ClN4O2/c1-3-4-5-8-24-11-13-25(14-12-24)31(38)36-21-19-35(20-22-36)23(2)30-34-29-10-7-6-9-28(29)32(39)37(30)27-17-15-26(33)16-18-27/h6-7,9-18,23H,3-5,8,19-22H2,1-2H3. The van der Waals surface area contributed by atoms with Crippen molar-refractivity contribution in [1.29, 1.82) is 0 Å². The molecule has 2 heterocycles. The lowest BCUT2D eigenvalue weighted by atomic mass is 10.0. The molecule has 1 unspecified atom stereocenters. The Kier molecular flexibility index (Phi) is 8.44. The monoisotopic (exact) mass is 542 g/mol. The van der Waals surface area contributed by atoms with Crippen molar-refractivity contribution >= 4 is 28.4 Å². The van der Waals surface area contributed by atoms with Crippen LogP contribution in [0.4, 0.5) is 0 Å². The van der Waals surface area contributed by atoms with Crippen molar-refractivity contribution in [2.24, 2.45) is 0 Å². The molecule has 0 radical (unpaired) electrons. The second kappa shape index (κ2) is 12.1. The molecule has 1 aliphatic rings. The van der Waals surface area contributed by atoms with E-state index in [1.54, 1.807) is 16.7 Å². The van der Waals surface area contributed by atoms with Gasteiger partial charge in [0.25, 0.3) is 11.5 Å². The van der Waals surface area contributed by atoms with E-state index >= 15 is 0 Å². The third-order valence-electron chi connectivity index (χ3n) is 7.68. The highest BCUT2D eigenvalue weighted by molar-refractivity contribution is 6.30. The van der Waals surface area contributed by atoms with E-state index in [9.17, 15) is 9.59 Å². The van der Waals surface area contributed by atoms with E-state index in [1.807, 2.05) is 53.4 Å². The summed E-state index contributed by atoms with van der Waals surface area (Å²) in [7, 11) is 0. The number of rotatable bonds is 8. The summed E-state index contributed by atoms with van der Waals surface area (Å²) < 4.78 is 1.70. The van der Waals surface area contributed by atoms with Gasteiger partial charge in [0, 0.05) is 36.8 Å². The Balaban J connectivity index is 1.33. The minimum atomic E-state index is -0.127. The molecule has 202 valence electrons. The Morgan fingerprint density at radius 2 is 1.62 bits per heavy atom. The number of hydrogen-bond donors (Lipinski definition) is 0. The highest BCUT2D eigenvalue weighted by Gasteiger charge is 2.28. The van der Waals surface area contributed by atoms with Crippen molar-refractivity contribution in [3.05, 3.63) is 105 Å². The van der Waals surface area contributed by atoms with Crippen LogP contribution >= 0.6 is 11.6 Å². The van der Waals surface area contributed by atoms with Crippen LogP contribution in [0.5, 0.6) is 0 Å². The number of benzene rings is 3. The number of aryl methyl sites for hydroxylation is 1. The highest BCUT2D eigenvalue weighted by Crippen LogP contribution is 2.25. The normalized spacial score (nSPS) is 15.0.